The molecule has 0 saturated heterocycles. The highest BCUT2D eigenvalue weighted by atomic mass is 35.5. The van der Waals surface area contributed by atoms with Crippen LogP contribution in [-0.2, 0) is 0 Å². The number of rotatable bonds is 11. The Morgan fingerprint density at radius 3 is 2.23 bits per heavy atom. The molecule has 0 aliphatic carbocycles. The van der Waals surface area contributed by atoms with Gasteiger partial charge in [0.15, 0.2) is 0 Å². The zero-order valence-electron chi connectivity index (χ0n) is 15.2. The average molecular weight is 393 g/mol. The van der Waals surface area contributed by atoms with E-state index in [0.29, 0.717) is 11.8 Å². The molecular formula is C21H26Cl2N2O. The molecule has 0 heterocycles. The molecule has 3 nitrogen and oxygen atoms in total. The summed E-state index contributed by atoms with van der Waals surface area (Å²) in [7, 11) is 1.67. The van der Waals surface area contributed by atoms with Gasteiger partial charge in [-0.15, -0.1) is 23.2 Å². The Hall–Kier alpha value is -1.84. The summed E-state index contributed by atoms with van der Waals surface area (Å²) < 4.78 is 5.23. The normalized spacial score (nSPS) is 10.4. The third-order valence-electron chi connectivity index (χ3n) is 4.05. The number of alkyl halides is 2. The fraction of sp³-hybridized carbons (Fsp3) is 0.333. The first-order valence-corrected chi connectivity index (χ1v) is 9.84. The molecule has 0 bridgehead atoms. The van der Waals surface area contributed by atoms with E-state index >= 15 is 0 Å². The number of hydrogen-bond donors (Lipinski definition) is 2. The highest BCUT2D eigenvalue weighted by Gasteiger charge is 2.10. The highest BCUT2D eigenvalue weighted by molar-refractivity contribution is 6.18. The molecule has 2 rings (SSSR count). The van der Waals surface area contributed by atoms with Gasteiger partial charge in [0.1, 0.15) is 5.75 Å². The molecule has 0 saturated carbocycles. The number of halogens is 2. The summed E-state index contributed by atoms with van der Waals surface area (Å²) in [6.07, 6.45) is 1.83. The van der Waals surface area contributed by atoms with Crippen LogP contribution in [0.3, 0.4) is 0 Å². The van der Waals surface area contributed by atoms with Gasteiger partial charge in [0.2, 0.25) is 0 Å². The molecule has 0 amide bonds. The Kier molecular flexibility index (Phi) is 8.66. The van der Waals surface area contributed by atoms with Crippen LogP contribution in [0.15, 0.2) is 49.0 Å². The lowest BCUT2D eigenvalue weighted by atomic mass is 9.97. The van der Waals surface area contributed by atoms with E-state index < -0.39 is 0 Å². The molecule has 2 aromatic rings. The maximum absolute atomic E-state index is 5.82. The van der Waals surface area contributed by atoms with Crippen molar-refractivity contribution in [1.29, 1.82) is 0 Å². The number of benzene rings is 2. The van der Waals surface area contributed by atoms with Gasteiger partial charge in [0.05, 0.1) is 7.11 Å². The van der Waals surface area contributed by atoms with E-state index in [-0.39, 0.29) is 0 Å². The Labute approximate surface area is 166 Å². The highest BCUT2D eigenvalue weighted by Crippen LogP contribution is 2.31. The van der Waals surface area contributed by atoms with Gasteiger partial charge < -0.3 is 15.4 Å². The van der Waals surface area contributed by atoms with Crippen LogP contribution in [0.5, 0.6) is 5.75 Å². The molecule has 140 valence electrons. The third-order valence-corrected chi connectivity index (χ3v) is 4.58. The fourth-order valence-electron chi connectivity index (χ4n) is 2.60. The van der Waals surface area contributed by atoms with Crippen molar-refractivity contribution in [2.45, 2.75) is 12.8 Å². The van der Waals surface area contributed by atoms with E-state index in [9.17, 15) is 0 Å². The van der Waals surface area contributed by atoms with Crippen molar-refractivity contribution in [3.8, 4) is 5.75 Å². The van der Waals surface area contributed by atoms with Gasteiger partial charge in [0, 0.05) is 41.8 Å². The third kappa shape index (κ3) is 5.86. The van der Waals surface area contributed by atoms with Crippen molar-refractivity contribution in [2.75, 3.05) is 42.6 Å². The lowest BCUT2D eigenvalue weighted by molar-refractivity contribution is 0.415. The van der Waals surface area contributed by atoms with Gasteiger partial charge in [-0.05, 0) is 48.2 Å². The minimum Gasteiger partial charge on any atom is -0.497 e. The molecule has 0 aliphatic rings. The number of anilines is 2. The largest absolute Gasteiger partial charge is 0.497 e. The second-order valence-corrected chi connectivity index (χ2v) is 6.66. The summed E-state index contributed by atoms with van der Waals surface area (Å²) in [5, 5.41) is 6.88. The van der Waals surface area contributed by atoms with Gasteiger partial charge in [0.25, 0.3) is 0 Å². The van der Waals surface area contributed by atoms with Crippen molar-refractivity contribution >= 4 is 40.1 Å². The number of nitrogens with one attached hydrogen (secondary N) is 2. The summed E-state index contributed by atoms with van der Waals surface area (Å²) in [4.78, 5) is 0. The summed E-state index contributed by atoms with van der Waals surface area (Å²) >= 11 is 11.6. The smallest absolute Gasteiger partial charge is 0.118 e. The van der Waals surface area contributed by atoms with E-state index in [1.165, 1.54) is 0 Å². The molecule has 2 N–H and O–H groups in total. The standard InChI is InChI=1S/C21H26Cl2N2O/c1-16(17-5-8-19(26-2)9-6-17)20-10-7-18(24-13-3-11-22)15-21(20)25-14-4-12-23/h5-10,15,24-25H,1,3-4,11-14H2,2H3. The fourth-order valence-corrected chi connectivity index (χ4v) is 2.87. The van der Waals surface area contributed by atoms with Crippen LogP contribution in [0.2, 0.25) is 0 Å². The molecule has 0 atom stereocenters. The van der Waals surface area contributed by atoms with Crippen LogP contribution in [0, 0.1) is 0 Å². The molecule has 0 fully saturated rings. The minimum absolute atomic E-state index is 0.634. The summed E-state index contributed by atoms with van der Waals surface area (Å²) in [5.41, 5.74) is 5.22. The first kappa shape index (κ1) is 20.5. The van der Waals surface area contributed by atoms with Gasteiger partial charge in [-0.25, -0.2) is 0 Å². The first-order chi connectivity index (χ1) is 12.7. The van der Waals surface area contributed by atoms with Crippen molar-refractivity contribution < 1.29 is 4.74 Å². The maximum atomic E-state index is 5.82. The maximum Gasteiger partial charge on any atom is 0.118 e. The second-order valence-electron chi connectivity index (χ2n) is 5.91. The Morgan fingerprint density at radius 2 is 1.62 bits per heavy atom. The predicted molar refractivity (Wildman–Crippen MR) is 115 cm³/mol. The predicted octanol–water partition coefficient (Wildman–Crippen LogP) is 5.84. The number of methoxy groups -OCH3 is 1. The molecule has 0 radical (unpaired) electrons. The first-order valence-electron chi connectivity index (χ1n) is 8.77. The minimum atomic E-state index is 0.634. The summed E-state index contributed by atoms with van der Waals surface area (Å²) in [5.74, 6) is 2.12. The van der Waals surface area contributed by atoms with Crippen molar-refractivity contribution in [3.05, 3.63) is 60.2 Å². The average Bonchev–Trinajstić information content (AvgIpc) is 2.68. The van der Waals surface area contributed by atoms with E-state index in [0.717, 1.165) is 59.8 Å². The SMILES string of the molecule is C=C(c1ccc(OC)cc1)c1ccc(NCCCCl)cc1NCCCCl. The van der Waals surface area contributed by atoms with E-state index in [4.69, 9.17) is 27.9 Å². The van der Waals surface area contributed by atoms with E-state index in [2.05, 4.69) is 35.4 Å². The van der Waals surface area contributed by atoms with E-state index in [1.54, 1.807) is 7.11 Å². The van der Waals surface area contributed by atoms with Crippen LogP contribution in [0.1, 0.15) is 24.0 Å². The Bertz CT molecular complexity index is 702. The lowest BCUT2D eigenvalue weighted by Crippen LogP contribution is -2.07. The van der Waals surface area contributed by atoms with Crippen LogP contribution < -0.4 is 15.4 Å². The number of hydrogen-bond acceptors (Lipinski definition) is 3. The van der Waals surface area contributed by atoms with Crippen molar-refractivity contribution in [1.82, 2.24) is 0 Å². The van der Waals surface area contributed by atoms with Gasteiger partial charge in [-0.2, -0.15) is 0 Å². The molecule has 0 unspecified atom stereocenters. The zero-order valence-corrected chi connectivity index (χ0v) is 16.7. The Balaban J connectivity index is 2.23. The van der Waals surface area contributed by atoms with Gasteiger partial charge >= 0.3 is 0 Å². The summed E-state index contributed by atoms with van der Waals surface area (Å²) in [6.45, 7) is 5.97. The van der Waals surface area contributed by atoms with Gasteiger partial charge in [-0.1, -0.05) is 24.8 Å². The van der Waals surface area contributed by atoms with Crippen LogP contribution in [0.25, 0.3) is 5.57 Å². The van der Waals surface area contributed by atoms with E-state index in [1.807, 2.05) is 24.3 Å². The molecule has 0 spiro atoms. The quantitative estimate of drug-likeness (QED) is 0.372. The molecule has 5 heteroatoms. The van der Waals surface area contributed by atoms with Crippen LogP contribution in [-0.4, -0.2) is 32.0 Å². The molecule has 26 heavy (non-hydrogen) atoms. The zero-order chi connectivity index (χ0) is 18.8. The second kappa shape index (κ2) is 11.0. The molecular weight excluding hydrogens is 367 g/mol. The van der Waals surface area contributed by atoms with Crippen LogP contribution >= 0.6 is 23.2 Å². The molecule has 2 aromatic carbocycles. The van der Waals surface area contributed by atoms with Crippen LogP contribution in [0.4, 0.5) is 11.4 Å². The Morgan fingerprint density at radius 1 is 0.962 bits per heavy atom. The molecule has 0 aromatic heterocycles. The lowest BCUT2D eigenvalue weighted by Gasteiger charge is -2.17. The topological polar surface area (TPSA) is 33.3 Å². The van der Waals surface area contributed by atoms with Gasteiger partial charge in [-0.3, -0.25) is 0 Å². The van der Waals surface area contributed by atoms with Crippen molar-refractivity contribution in [3.63, 3.8) is 0 Å². The number of ether oxygens (including phenoxy) is 1. The monoisotopic (exact) mass is 392 g/mol. The van der Waals surface area contributed by atoms with Crippen molar-refractivity contribution in [2.24, 2.45) is 0 Å². The molecule has 0 aliphatic heterocycles. The summed E-state index contributed by atoms with van der Waals surface area (Å²) in [6, 6.07) is 14.2.